The van der Waals surface area contributed by atoms with E-state index in [0.29, 0.717) is 37.3 Å². The van der Waals surface area contributed by atoms with Crippen LogP contribution in [0.25, 0.3) is 0 Å². The molecule has 33 heavy (non-hydrogen) atoms. The van der Waals surface area contributed by atoms with Gasteiger partial charge in [-0.05, 0) is 37.0 Å². The number of nitriles is 1. The Hall–Kier alpha value is -2.91. The molecular formula is C21H27FN4O6S. The summed E-state index contributed by atoms with van der Waals surface area (Å²) in [4.78, 5) is 26.4. The number of piperidine rings is 1. The van der Waals surface area contributed by atoms with Crippen molar-refractivity contribution in [2.75, 3.05) is 48.8 Å². The molecule has 10 nitrogen and oxygen atoms in total. The number of amides is 2. The first kappa shape index (κ1) is 24.7. The Morgan fingerprint density at radius 3 is 2.67 bits per heavy atom. The van der Waals surface area contributed by atoms with E-state index in [1.54, 1.807) is 12.1 Å². The molecule has 180 valence electrons. The predicted octanol–water partition coefficient (Wildman–Crippen LogP) is 1.62. The van der Waals surface area contributed by atoms with E-state index in [1.807, 2.05) is 4.90 Å². The Bertz CT molecular complexity index is 1040. The van der Waals surface area contributed by atoms with Crippen molar-refractivity contribution in [1.29, 1.82) is 5.26 Å². The first-order valence-corrected chi connectivity index (χ1v) is 12.4. The van der Waals surface area contributed by atoms with Crippen LogP contribution in [0, 0.1) is 29.0 Å². The molecule has 0 saturated carbocycles. The SMILES string of the molecule is CC(=O)NC[C@H]1CN(c2ccc(N3CCC(C(C#N)COS(C)(=O)=O)CC3)c(F)c2)C(=O)O1. The van der Waals surface area contributed by atoms with Gasteiger partial charge in [0, 0.05) is 20.0 Å². The minimum atomic E-state index is -3.62. The van der Waals surface area contributed by atoms with Crippen molar-refractivity contribution in [3.05, 3.63) is 24.0 Å². The number of rotatable bonds is 8. The fraction of sp³-hybridized carbons (Fsp3) is 0.571. The van der Waals surface area contributed by atoms with Crippen molar-refractivity contribution >= 4 is 33.5 Å². The molecule has 1 aromatic carbocycles. The van der Waals surface area contributed by atoms with Gasteiger partial charge in [-0.25, -0.2) is 9.18 Å². The van der Waals surface area contributed by atoms with Crippen molar-refractivity contribution < 1.29 is 31.3 Å². The van der Waals surface area contributed by atoms with Gasteiger partial charge in [0.15, 0.2) is 0 Å². The van der Waals surface area contributed by atoms with E-state index >= 15 is 0 Å². The highest BCUT2D eigenvalue weighted by atomic mass is 32.2. The summed E-state index contributed by atoms with van der Waals surface area (Å²) in [5.74, 6) is -1.31. The normalized spacial score (nSPS) is 20.3. The van der Waals surface area contributed by atoms with Gasteiger partial charge in [0.1, 0.15) is 11.9 Å². The minimum absolute atomic E-state index is 0.0461. The van der Waals surface area contributed by atoms with E-state index in [-0.39, 0.29) is 31.5 Å². The molecule has 1 unspecified atom stereocenters. The third-order valence-electron chi connectivity index (χ3n) is 5.77. The maximum absolute atomic E-state index is 14.9. The fourth-order valence-corrected chi connectivity index (χ4v) is 4.43. The lowest BCUT2D eigenvalue weighted by Gasteiger charge is -2.35. The quantitative estimate of drug-likeness (QED) is 0.554. The van der Waals surface area contributed by atoms with E-state index in [0.717, 1.165) is 6.26 Å². The lowest BCUT2D eigenvalue weighted by atomic mass is 9.85. The summed E-state index contributed by atoms with van der Waals surface area (Å²) < 4.78 is 47.3. The number of hydrogen-bond acceptors (Lipinski definition) is 8. The number of carbonyl (C=O) groups is 2. The zero-order valence-corrected chi connectivity index (χ0v) is 19.3. The van der Waals surface area contributed by atoms with Crippen LogP contribution in [0.3, 0.4) is 0 Å². The molecule has 0 bridgehead atoms. The van der Waals surface area contributed by atoms with Crippen LogP contribution >= 0.6 is 0 Å². The average Bonchev–Trinajstić information content (AvgIpc) is 3.13. The van der Waals surface area contributed by atoms with Crippen molar-refractivity contribution in [1.82, 2.24) is 5.32 Å². The zero-order valence-electron chi connectivity index (χ0n) is 18.5. The Morgan fingerprint density at radius 1 is 1.39 bits per heavy atom. The van der Waals surface area contributed by atoms with Crippen LogP contribution in [-0.2, 0) is 23.8 Å². The van der Waals surface area contributed by atoms with E-state index in [9.17, 15) is 27.7 Å². The number of carbonyl (C=O) groups excluding carboxylic acids is 2. The van der Waals surface area contributed by atoms with Crippen LogP contribution in [-0.4, -0.2) is 65.6 Å². The maximum Gasteiger partial charge on any atom is 0.414 e. The number of ether oxygens (including phenoxy) is 1. The van der Waals surface area contributed by atoms with Gasteiger partial charge in [0.05, 0.1) is 49.3 Å². The Labute approximate surface area is 192 Å². The summed E-state index contributed by atoms with van der Waals surface area (Å²) in [6, 6.07) is 6.65. The largest absolute Gasteiger partial charge is 0.442 e. The van der Waals surface area contributed by atoms with E-state index in [1.165, 1.54) is 17.9 Å². The predicted molar refractivity (Wildman–Crippen MR) is 118 cm³/mol. The molecule has 2 aliphatic rings. The lowest BCUT2D eigenvalue weighted by Crippen LogP contribution is -2.37. The number of cyclic esters (lactones) is 1. The lowest BCUT2D eigenvalue weighted by molar-refractivity contribution is -0.119. The van der Waals surface area contributed by atoms with Gasteiger partial charge < -0.3 is 15.0 Å². The van der Waals surface area contributed by atoms with Gasteiger partial charge in [-0.2, -0.15) is 13.7 Å². The average molecular weight is 483 g/mol. The molecular weight excluding hydrogens is 455 g/mol. The van der Waals surface area contributed by atoms with E-state index in [4.69, 9.17) is 8.92 Å². The maximum atomic E-state index is 14.9. The molecule has 1 N–H and O–H groups in total. The number of hydrogen-bond donors (Lipinski definition) is 1. The number of nitrogens with one attached hydrogen (secondary N) is 1. The molecule has 1 aromatic rings. The summed E-state index contributed by atoms with van der Waals surface area (Å²) in [6.45, 7) is 2.58. The fourth-order valence-electron chi connectivity index (χ4n) is 4.03. The summed E-state index contributed by atoms with van der Waals surface area (Å²) in [5, 5.41) is 12.0. The molecule has 3 rings (SSSR count). The Morgan fingerprint density at radius 2 is 2.09 bits per heavy atom. The van der Waals surface area contributed by atoms with Crippen molar-refractivity contribution in [2.45, 2.75) is 25.9 Å². The molecule has 12 heteroatoms. The highest BCUT2D eigenvalue weighted by Gasteiger charge is 2.33. The van der Waals surface area contributed by atoms with Gasteiger partial charge >= 0.3 is 6.09 Å². The van der Waals surface area contributed by atoms with Crippen LogP contribution in [0.1, 0.15) is 19.8 Å². The van der Waals surface area contributed by atoms with Gasteiger partial charge in [-0.1, -0.05) is 0 Å². The molecule has 2 atom stereocenters. The number of nitrogens with zero attached hydrogens (tertiary/aromatic N) is 3. The summed E-state index contributed by atoms with van der Waals surface area (Å²) in [7, 11) is -3.62. The van der Waals surface area contributed by atoms with E-state index in [2.05, 4.69) is 11.4 Å². The van der Waals surface area contributed by atoms with Crippen molar-refractivity contribution in [3.63, 3.8) is 0 Å². The van der Waals surface area contributed by atoms with Crippen LogP contribution in [0.5, 0.6) is 0 Å². The van der Waals surface area contributed by atoms with Gasteiger partial charge in [0.25, 0.3) is 10.1 Å². The number of anilines is 2. The highest BCUT2D eigenvalue weighted by Crippen LogP contribution is 2.32. The third kappa shape index (κ3) is 6.55. The molecule has 2 aliphatic heterocycles. The van der Waals surface area contributed by atoms with Gasteiger partial charge in [0.2, 0.25) is 5.91 Å². The van der Waals surface area contributed by atoms with Crippen LogP contribution in [0.2, 0.25) is 0 Å². The van der Waals surface area contributed by atoms with Crippen molar-refractivity contribution in [3.8, 4) is 6.07 Å². The first-order chi connectivity index (χ1) is 15.6. The van der Waals surface area contributed by atoms with Gasteiger partial charge in [-0.15, -0.1) is 0 Å². The third-order valence-corrected chi connectivity index (χ3v) is 6.34. The van der Waals surface area contributed by atoms with E-state index < -0.39 is 34.1 Å². The summed E-state index contributed by atoms with van der Waals surface area (Å²) >= 11 is 0. The monoisotopic (exact) mass is 482 g/mol. The molecule has 0 spiro atoms. The second-order valence-electron chi connectivity index (χ2n) is 8.24. The molecule has 2 fully saturated rings. The standard InChI is InChI=1S/C21H27FN4O6S/c1-14(27)24-11-18-12-26(21(28)32-18)17-3-4-20(19(22)9-17)25-7-5-15(6-8-25)16(10-23)13-31-33(2,29)30/h3-4,9,15-16,18H,5-8,11-13H2,1-2H3,(H,24,27)/t16?,18-/m0/s1. The molecule has 2 heterocycles. The molecule has 0 aromatic heterocycles. The smallest absolute Gasteiger partial charge is 0.414 e. The topological polar surface area (TPSA) is 129 Å². The minimum Gasteiger partial charge on any atom is -0.442 e. The second kappa shape index (κ2) is 10.4. The molecule has 2 saturated heterocycles. The summed E-state index contributed by atoms with van der Waals surface area (Å²) in [5.41, 5.74) is 0.754. The second-order valence-corrected chi connectivity index (χ2v) is 9.88. The van der Waals surface area contributed by atoms with Crippen LogP contribution < -0.4 is 15.1 Å². The molecule has 0 radical (unpaired) electrons. The van der Waals surface area contributed by atoms with Crippen LogP contribution in [0.15, 0.2) is 18.2 Å². The number of benzene rings is 1. The zero-order chi connectivity index (χ0) is 24.2. The molecule has 2 amide bonds. The Kier molecular flexibility index (Phi) is 7.76. The molecule has 0 aliphatic carbocycles. The van der Waals surface area contributed by atoms with Crippen LogP contribution in [0.4, 0.5) is 20.6 Å². The van der Waals surface area contributed by atoms with Gasteiger partial charge in [-0.3, -0.25) is 13.9 Å². The number of halogens is 1. The summed E-state index contributed by atoms with van der Waals surface area (Å²) in [6.07, 6.45) is 1.02. The first-order valence-electron chi connectivity index (χ1n) is 10.6. The van der Waals surface area contributed by atoms with Crippen molar-refractivity contribution in [2.24, 2.45) is 11.8 Å². The highest BCUT2D eigenvalue weighted by molar-refractivity contribution is 7.85. The Balaban J connectivity index is 1.59.